The predicted molar refractivity (Wildman–Crippen MR) is 102 cm³/mol. The van der Waals surface area contributed by atoms with E-state index in [1.165, 1.54) is 12.1 Å². The van der Waals surface area contributed by atoms with Crippen molar-refractivity contribution in [3.05, 3.63) is 65.4 Å². The molecule has 3 rings (SSSR count). The van der Waals surface area contributed by atoms with Gasteiger partial charge in [0.1, 0.15) is 29.4 Å². The van der Waals surface area contributed by atoms with E-state index >= 15 is 0 Å². The molecule has 2 aromatic carbocycles. The van der Waals surface area contributed by atoms with E-state index in [-0.39, 0.29) is 18.1 Å². The van der Waals surface area contributed by atoms with Gasteiger partial charge < -0.3 is 24.5 Å². The molecule has 26 heavy (non-hydrogen) atoms. The van der Waals surface area contributed by atoms with Gasteiger partial charge in [0.05, 0.1) is 6.26 Å². The van der Waals surface area contributed by atoms with Crippen molar-refractivity contribution < 1.29 is 24.5 Å². The van der Waals surface area contributed by atoms with Crippen LogP contribution in [-0.4, -0.2) is 22.4 Å². The highest BCUT2D eigenvalue weighted by Gasteiger charge is 2.15. The molecule has 0 aliphatic heterocycles. The third kappa shape index (κ3) is 3.83. The number of aromatic hydroxyl groups is 2. The Morgan fingerprint density at radius 1 is 1.12 bits per heavy atom. The number of phenolic OH excluding ortho intramolecular Hbond substituents is 2. The molecule has 0 radical (unpaired) electrons. The van der Waals surface area contributed by atoms with E-state index in [2.05, 4.69) is 6.58 Å². The van der Waals surface area contributed by atoms with Crippen LogP contribution in [0.15, 0.2) is 47.6 Å². The lowest BCUT2D eigenvalue weighted by molar-refractivity contribution is 0.296. The molecule has 0 aliphatic rings. The maximum Gasteiger partial charge on any atom is 0.141 e. The number of benzene rings is 2. The molecule has 3 aromatic rings. The molecule has 0 amide bonds. The largest absolute Gasteiger partial charge is 0.508 e. The summed E-state index contributed by atoms with van der Waals surface area (Å²) in [6, 6.07) is 6.44. The van der Waals surface area contributed by atoms with Crippen LogP contribution in [-0.2, 0) is 13.0 Å². The fraction of sp³-hybridized carbons (Fsp3) is 0.238. The Hall–Kier alpha value is -2.92. The van der Waals surface area contributed by atoms with Crippen LogP contribution in [0.3, 0.4) is 0 Å². The Balaban J connectivity index is 0.00000117. The van der Waals surface area contributed by atoms with Crippen molar-refractivity contribution >= 4 is 11.0 Å². The first-order valence-corrected chi connectivity index (χ1v) is 8.20. The molecular weight excluding hydrogens is 332 g/mol. The highest BCUT2D eigenvalue weighted by atomic mass is 16.5. The van der Waals surface area contributed by atoms with Crippen molar-refractivity contribution in [2.24, 2.45) is 0 Å². The van der Waals surface area contributed by atoms with Gasteiger partial charge in [-0.05, 0) is 44.0 Å². The number of allylic oxidation sites excluding steroid dienone is 1. The number of ether oxygens (including phenoxy) is 1. The molecule has 0 atom stereocenters. The summed E-state index contributed by atoms with van der Waals surface area (Å²) in [4.78, 5) is 0. The Labute approximate surface area is 152 Å². The minimum atomic E-state index is 0.0109. The van der Waals surface area contributed by atoms with Crippen LogP contribution in [0.25, 0.3) is 11.0 Å². The number of aryl methyl sites for hydroxylation is 2. The zero-order valence-corrected chi connectivity index (χ0v) is 15.2. The minimum absolute atomic E-state index is 0.0109. The topological polar surface area (TPSA) is 83.1 Å². The Bertz CT molecular complexity index is 908. The third-order valence-corrected chi connectivity index (χ3v) is 4.14. The van der Waals surface area contributed by atoms with Crippen molar-refractivity contribution in [2.75, 3.05) is 7.11 Å². The van der Waals surface area contributed by atoms with Gasteiger partial charge in [0.15, 0.2) is 0 Å². The molecule has 0 bridgehead atoms. The number of fused-ring (bicyclic) bond motifs is 1. The van der Waals surface area contributed by atoms with Crippen LogP contribution in [0, 0.1) is 13.8 Å². The van der Waals surface area contributed by atoms with Gasteiger partial charge in [-0.15, -0.1) is 6.58 Å². The van der Waals surface area contributed by atoms with Gasteiger partial charge in [-0.2, -0.15) is 0 Å². The third-order valence-electron chi connectivity index (χ3n) is 4.14. The molecule has 0 spiro atoms. The van der Waals surface area contributed by atoms with Gasteiger partial charge in [0, 0.05) is 35.3 Å². The van der Waals surface area contributed by atoms with Gasteiger partial charge in [-0.3, -0.25) is 0 Å². The lowest BCUT2D eigenvalue weighted by Gasteiger charge is -2.12. The summed E-state index contributed by atoms with van der Waals surface area (Å²) in [7, 11) is 1.00. The molecular formula is C21H24O5. The standard InChI is InChI=1S/C20H20O4.CH4O/c1-4-5-15-11-24-20-13(3)18(8-12(2)19(15)20)23-10-14-6-7-16(21)9-17(14)22;1-2/h4,6-9,11,21-22H,1,5,10H2,2-3H3;2H,1H3. The number of rotatable bonds is 5. The molecule has 0 unspecified atom stereocenters. The second-order valence-corrected chi connectivity index (χ2v) is 5.88. The molecule has 0 saturated heterocycles. The first-order valence-electron chi connectivity index (χ1n) is 8.20. The summed E-state index contributed by atoms with van der Waals surface area (Å²) in [5.74, 6) is 0.749. The van der Waals surface area contributed by atoms with Crippen LogP contribution in [0.2, 0.25) is 0 Å². The first kappa shape index (κ1) is 19.4. The van der Waals surface area contributed by atoms with Crippen LogP contribution < -0.4 is 4.74 Å². The van der Waals surface area contributed by atoms with Gasteiger partial charge in [-0.25, -0.2) is 0 Å². The van der Waals surface area contributed by atoms with Crippen LogP contribution in [0.4, 0.5) is 0 Å². The van der Waals surface area contributed by atoms with Crippen LogP contribution in [0.1, 0.15) is 22.3 Å². The molecule has 5 nitrogen and oxygen atoms in total. The summed E-state index contributed by atoms with van der Waals surface area (Å²) in [5, 5.41) is 27.3. The van der Waals surface area contributed by atoms with Gasteiger partial charge >= 0.3 is 0 Å². The lowest BCUT2D eigenvalue weighted by Crippen LogP contribution is -1.98. The number of phenols is 2. The maximum absolute atomic E-state index is 9.86. The minimum Gasteiger partial charge on any atom is -0.508 e. The number of hydrogen-bond donors (Lipinski definition) is 3. The normalized spacial score (nSPS) is 10.3. The second-order valence-electron chi connectivity index (χ2n) is 5.88. The Morgan fingerprint density at radius 3 is 2.50 bits per heavy atom. The van der Waals surface area contributed by atoms with Crippen LogP contribution >= 0.6 is 0 Å². The second kappa shape index (κ2) is 8.45. The number of furan rings is 1. The van der Waals surface area contributed by atoms with E-state index < -0.39 is 0 Å². The average molecular weight is 356 g/mol. The van der Waals surface area contributed by atoms with Crippen molar-refractivity contribution in [3.63, 3.8) is 0 Å². The molecule has 138 valence electrons. The lowest BCUT2D eigenvalue weighted by atomic mass is 10.0. The number of aliphatic hydroxyl groups is 1. The fourth-order valence-corrected chi connectivity index (χ4v) is 2.88. The highest BCUT2D eigenvalue weighted by molar-refractivity contribution is 5.89. The Kier molecular flexibility index (Phi) is 6.31. The highest BCUT2D eigenvalue weighted by Crippen LogP contribution is 2.35. The summed E-state index contributed by atoms with van der Waals surface area (Å²) in [6.07, 6.45) is 4.38. The number of hydrogen-bond acceptors (Lipinski definition) is 5. The van der Waals surface area contributed by atoms with E-state index in [1.54, 1.807) is 12.3 Å². The summed E-state index contributed by atoms with van der Waals surface area (Å²) in [5.41, 5.74) is 4.53. The predicted octanol–water partition coefficient (Wildman–Crippen LogP) is 4.38. The van der Waals surface area contributed by atoms with E-state index in [4.69, 9.17) is 14.3 Å². The SMILES string of the molecule is C=CCc1coc2c(C)c(OCc3ccc(O)cc3O)cc(C)c12.CO. The van der Waals surface area contributed by atoms with E-state index in [0.717, 1.165) is 41.2 Å². The van der Waals surface area contributed by atoms with E-state index in [1.807, 2.05) is 26.0 Å². The van der Waals surface area contributed by atoms with Gasteiger partial charge in [-0.1, -0.05) is 6.08 Å². The smallest absolute Gasteiger partial charge is 0.141 e. The first-order chi connectivity index (χ1) is 12.5. The zero-order valence-electron chi connectivity index (χ0n) is 15.2. The van der Waals surface area contributed by atoms with Crippen molar-refractivity contribution in [3.8, 4) is 17.2 Å². The summed E-state index contributed by atoms with van der Waals surface area (Å²) in [6.45, 7) is 7.96. The van der Waals surface area contributed by atoms with Gasteiger partial charge in [0.25, 0.3) is 0 Å². The molecule has 5 heteroatoms. The Morgan fingerprint density at radius 2 is 1.85 bits per heavy atom. The van der Waals surface area contributed by atoms with Crippen molar-refractivity contribution in [1.29, 1.82) is 0 Å². The van der Waals surface area contributed by atoms with Crippen molar-refractivity contribution in [1.82, 2.24) is 0 Å². The molecule has 3 N–H and O–H groups in total. The van der Waals surface area contributed by atoms with Crippen LogP contribution in [0.5, 0.6) is 17.2 Å². The maximum atomic E-state index is 9.86. The average Bonchev–Trinajstić information content (AvgIpc) is 3.05. The monoisotopic (exact) mass is 356 g/mol. The molecule has 1 heterocycles. The summed E-state index contributed by atoms with van der Waals surface area (Å²) >= 11 is 0. The van der Waals surface area contributed by atoms with Crippen molar-refractivity contribution in [2.45, 2.75) is 26.9 Å². The summed E-state index contributed by atoms with van der Waals surface area (Å²) < 4.78 is 11.6. The van der Waals surface area contributed by atoms with E-state index in [9.17, 15) is 10.2 Å². The molecule has 0 aliphatic carbocycles. The quantitative estimate of drug-likeness (QED) is 0.591. The molecule has 0 saturated carbocycles. The molecule has 1 aromatic heterocycles. The zero-order chi connectivity index (χ0) is 19.3. The number of aliphatic hydroxyl groups excluding tert-OH is 1. The van der Waals surface area contributed by atoms with E-state index in [0.29, 0.717) is 11.3 Å². The van der Waals surface area contributed by atoms with Gasteiger partial charge in [0.2, 0.25) is 0 Å². The fourth-order valence-electron chi connectivity index (χ4n) is 2.88. The molecule has 0 fully saturated rings.